The van der Waals surface area contributed by atoms with E-state index in [1.54, 1.807) is 0 Å². The van der Waals surface area contributed by atoms with Crippen molar-refractivity contribution in [1.82, 2.24) is 16.0 Å². The molecule has 1 aromatic carbocycles. The molecule has 1 aromatic rings. The first-order valence-corrected chi connectivity index (χ1v) is 7.29. The van der Waals surface area contributed by atoms with E-state index in [9.17, 15) is 18.7 Å². The number of hydrogen-bond acceptors (Lipinski definition) is 3. The lowest BCUT2D eigenvalue weighted by molar-refractivity contribution is 0.0194. The van der Waals surface area contributed by atoms with E-state index in [0.717, 1.165) is 13.0 Å². The molecule has 122 valence electrons. The van der Waals surface area contributed by atoms with Gasteiger partial charge in [-0.15, -0.1) is 0 Å². The van der Waals surface area contributed by atoms with Crippen molar-refractivity contribution in [3.8, 4) is 0 Å². The lowest BCUT2D eigenvalue weighted by Crippen LogP contribution is -2.54. The molecule has 1 aliphatic heterocycles. The van der Waals surface area contributed by atoms with E-state index in [2.05, 4.69) is 16.0 Å². The fraction of sp³-hybridized carbons (Fsp3) is 0.533. The Morgan fingerprint density at radius 1 is 1.41 bits per heavy atom. The van der Waals surface area contributed by atoms with Crippen molar-refractivity contribution >= 4 is 6.03 Å². The van der Waals surface area contributed by atoms with Crippen LogP contribution in [0, 0.1) is 18.6 Å². The Morgan fingerprint density at radius 2 is 2.18 bits per heavy atom. The number of urea groups is 1. The predicted molar refractivity (Wildman–Crippen MR) is 78.4 cm³/mol. The van der Waals surface area contributed by atoms with Gasteiger partial charge < -0.3 is 21.1 Å². The molecule has 22 heavy (non-hydrogen) atoms. The van der Waals surface area contributed by atoms with E-state index in [1.807, 2.05) is 0 Å². The van der Waals surface area contributed by atoms with Crippen LogP contribution in [0.5, 0.6) is 0 Å². The highest BCUT2D eigenvalue weighted by Crippen LogP contribution is 2.16. The van der Waals surface area contributed by atoms with Gasteiger partial charge in [0, 0.05) is 18.7 Å². The lowest BCUT2D eigenvalue weighted by Gasteiger charge is -2.32. The number of aryl methyl sites for hydroxylation is 1. The summed E-state index contributed by atoms with van der Waals surface area (Å²) in [7, 11) is 0. The van der Waals surface area contributed by atoms with Crippen LogP contribution in [0.25, 0.3) is 0 Å². The maximum Gasteiger partial charge on any atom is 0.315 e. The second-order valence-corrected chi connectivity index (χ2v) is 5.70. The molecule has 1 heterocycles. The summed E-state index contributed by atoms with van der Waals surface area (Å²) in [5, 5.41) is 18.2. The van der Waals surface area contributed by atoms with Gasteiger partial charge in [-0.1, -0.05) is 6.07 Å². The van der Waals surface area contributed by atoms with Crippen LogP contribution < -0.4 is 16.0 Å². The van der Waals surface area contributed by atoms with Crippen molar-refractivity contribution in [2.45, 2.75) is 31.9 Å². The van der Waals surface area contributed by atoms with Crippen molar-refractivity contribution in [3.63, 3.8) is 0 Å². The fourth-order valence-electron chi connectivity index (χ4n) is 2.46. The molecule has 2 rings (SSSR count). The minimum absolute atomic E-state index is 0.0879. The standard InChI is InChI=1S/C15H21F2N3O2/c1-10-3-4-12(16)11(13(10)17)7-19-14(21)20-9-15(22)5-2-6-18-8-15/h3-4,18,22H,2,5-9H2,1H3,(H2,19,20,21)/t15-/m1/s1. The van der Waals surface area contributed by atoms with Gasteiger partial charge in [-0.25, -0.2) is 13.6 Å². The average molecular weight is 313 g/mol. The molecule has 1 saturated heterocycles. The normalized spacial score (nSPS) is 21.5. The van der Waals surface area contributed by atoms with Gasteiger partial charge in [0.2, 0.25) is 0 Å². The van der Waals surface area contributed by atoms with Crippen LogP contribution in [-0.4, -0.2) is 36.4 Å². The van der Waals surface area contributed by atoms with Gasteiger partial charge in [0.1, 0.15) is 11.6 Å². The number of aliphatic hydroxyl groups is 1. The number of amides is 2. The molecule has 0 radical (unpaired) electrons. The second kappa shape index (κ2) is 7.02. The summed E-state index contributed by atoms with van der Waals surface area (Å²) < 4.78 is 27.3. The summed E-state index contributed by atoms with van der Waals surface area (Å²) in [6.07, 6.45) is 1.43. The van der Waals surface area contributed by atoms with E-state index in [4.69, 9.17) is 0 Å². The zero-order valence-corrected chi connectivity index (χ0v) is 12.5. The SMILES string of the molecule is Cc1ccc(F)c(CNC(=O)NC[C@@]2(O)CCCNC2)c1F. The quantitative estimate of drug-likeness (QED) is 0.675. The molecule has 5 nitrogen and oxygen atoms in total. The van der Waals surface area contributed by atoms with E-state index in [-0.39, 0.29) is 18.7 Å². The molecule has 1 atom stereocenters. The molecule has 0 aliphatic carbocycles. The van der Waals surface area contributed by atoms with E-state index in [1.165, 1.54) is 19.1 Å². The fourth-order valence-corrected chi connectivity index (χ4v) is 2.46. The van der Waals surface area contributed by atoms with Crippen molar-refractivity contribution < 1.29 is 18.7 Å². The van der Waals surface area contributed by atoms with E-state index >= 15 is 0 Å². The summed E-state index contributed by atoms with van der Waals surface area (Å²) in [6.45, 7) is 2.63. The van der Waals surface area contributed by atoms with Crippen LogP contribution in [-0.2, 0) is 6.54 Å². The zero-order chi connectivity index (χ0) is 16.2. The molecule has 1 aliphatic rings. The minimum Gasteiger partial charge on any atom is -0.387 e. The van der Waals surface area contributed by atoms with E-state index < -0.39 is 23.3 Å². The van der Waals surface area contributed by atoms with Gasteiger partial charge >= 0.3 is 6.03 Å². The number of carbonyl (C=O) groups is 1. The molecular weight excluding hydrogens is 292 g/mol. The van der Waals surface area contributed by atoms with Crippen molar-refractivity contribution in [2.75, 3.05) is 19.6 Å². The summed E-state index contributed by atoms with van der Waals surface area (Å²) in [4.78, 5) is 11.7. The highest BCUT2D eigenvalue weighted by Gasteiger charge is 2.29. The van der Waals surface area contributed by atoms with Crippen molar-refractivity contribution in [3.05, 3.63) is 34.9 Å². The smallest absolute Gasteiger partial charge is 0.315 e. The summed E-state index contributed by atoms with van der Waals surface area (Å²) in [5.41, 5.74) is -0.829. The molecule has 0 saturated carbocycles. The van der Waals surface area contributed by atoms with Crippen LogP contribution in [0.1, 0.15) is 24.0 Å². The Kier molecular flexibility index (Phi) is 5.31. The number of carbonyl (C=O) groups excluding carboxylic acids is 1. The number of nitrogens with one attached hydrogen (secondary N) is 3. The average Bonchev–Trinajstić information content (AvgIpc) is 2.50. The van der Waals surface area contributed by atoms with Gasteiger partial charge in [0.15, 0.2) is 0 Å². The van der Waals surface area contributed by atoms with Crippen LogP contribution >= 0.6 is 0 Å². The van der Waals surface area contributed by atoms with Gasteiger partial charge in [-0.05, 0) is 37.9 Å². The first kappa shape index (κ1) is 16.6. The van der Waals surface area contributed by atoms with E-state index in [0.29, 0.717) is 18.5 Å². The molecular formula is C15H21F2N3O2. The van der Waals surface area contributed by atoms with Gasteiger partial charge in [-0.3, -0.25) is 0 Å². The van der Waals surface area contributed by atoms with Gasteiger partial charge in [0.05, 0.1) is 12.1 Å². The first-order valence-electron chi connectivity index (χ1n) is 7.29. The van der Waals surface area contributed by atoms with Crippen LogP contribution in [0.3, 0.4) is 0 Å². The number of hydrogen-bond donors (Lipinski definition) is 4. The Hall–Kier alpha value is -1.73. The maximum absolute atomic E-state index is 13.8. The molecule has 2 amide bonds. The summed E-state index contributed by atoms with van der Waals surface area (Å²) in [5.74, 6) is -1.35. The molecule has 1 fully saturated rings. The first-order chi connectivity index (χ1) is 10.4. The molecule has 4 N–H and O–H groups in total. The van der Waals surface area contributed by atoms with Gasteiger partial charge in [-0.2, -0.15) is 0 Å². The summed E-state index contributed by atoms with van der Waals surface area (Å²) >= 11 is 0. The molecule has 0 spiro atoms. The monoisotopic (exact) mass is 313 g/mol. The number of β-amino-alcohol motifs (C(OH)–C–C–N with tert-alkyl or cyclic N) is 1. The minimum atomic E-state index is -0.977. The van der Waals surface area contributed by atoms with Crippen molar-refractivity contribution in [2.24, 2.45) is 0 Å². The number of piperidine rings is 1. The number of rotatable bonds is 4. The number of benzene rings is 1. The predicted octanol–water partition coefficient (Wildman–Crippen LogP) is 1.19. The Morgan fingerprint density at radius 3 is 2.86 bits per heavy atom. The third-order valence-electron chi connectivity index (χ3n) is 3.83. The maximum atomic E-state index is 13.8. The number of halogens is 2. The Labute approximate surface area is 128 Å². The van der Waals surface area contributed by atoms with Crippen LogP contribution in [0.15, 0.2) is 12.1 Å². The topological polar surface area (TPSA) is 73.4 Å². The zero-order valence-electron chi connectivity index (χ0n) is 12.5. The lowest BCUT2D eigenvalue weighted by atomic mass is 9.94. The largest absolute Gasteiger partial charge is 0.387 e. The van der Waals surface area contributed by atoms with Crippen LogP contribution in [0.2, 0.25) is 0 Å². The van der Waals surface area contributed by atoms with Crippen molar-refractivity contribution in [1.29, 1.82) is 0 Å². The third-order valence-corrected chi connectivity index (χ3v) is 3.83. The van der Waals surface area contributed by atoms with Crippen LogP contribution in [0.4, 0.5) is 13.6 Å². The highest BCUT2D eigenvalue weighted by atomic mass is 19.1. The second-order valence-electron chi connectivity index (χ2n) is 5.70. The molecule has 7 heteroatoms. The molecule has 0 unspecified atom stereocenters. The molecule has 0 aromatic heterocycles. The Balaban J connectivity index is 1.84. The third kappa shape index (κ3) is 4.14. The van der Waals surface area contributed by atoms with Gasteiger partial charge in [0.25, 0.3) is 0 Å². The molecule has 0 bridgehead atoms. The Bertz CT molecular complexity index is 546. The highest BCUT2D eigenvalue weighted by molar-refractivity contribution is 5.73. The summed E-state index contributed by atoms with van der Waals surface area (Å²) in [6, 6.07) is 1.95.